The number of aryl methyl sites for hydroxylation is 1. The van der Waals surface area contributed by atoms with E-state index in [4.69, 9.17) is 4.74 Å². The first kappa shape index (κ1) is 14.8. The Kier molecular flexibility index (Phi) is 4.98. The maximum atomic E-state index is 12.3. The quantitative estimate of drug-likeness (QED) is 0.908. The predicted molar refractivity (Wildman–Crippen MR) is 83.1 cm³/mol. The molecule has 0 aliphatic carbocycles. The van der Waals surface area contributed by atoms with E-state index in [0.29, 0.717) is 18.8 Å². The van der Waals surface area contributed by atoms with Gasteiger partial charge in [0.1, 0.15) is 5.69 Å². The number of aromatic nitrogens is 1. The fourth-order valence-electron chi connectivity index (χ4n) is 1.93. The highest BCUT2D eigenvalue weighted by Gasteiger charge is 2.12. The first-order valence-corrected chi connectivity index (χ1v) is 7.12. The van der Waals surface area contributed by atoms with Gasteiger partial charge < -0.3 is 14.6 Å². The average molecular weight is 337 g/mol. The fraction of sp³-hybridized carbons (Fsp3) is 0.267. The van der Waals surface area contributed by atoms with E-state index in [9.17, 15) is 4.79 Å². The third kappa shape index (κ3) is 3.49. The van der Waals surface area contributed by atoms with Gasteiger partial charge in [0.2, 0.25) is 0 Å². The molecule has 0 saturated heterocycles. The van der Waals surface area contributed by atoms with E-state index in [1.807, 2.05) is 42.0 Å². The Morgan fingerprint density at radius 3 is 2.95 bits per heavy atom. The van der Waals surface area contributed by atoms with Gasteiger partial charge in [-0.1, -0.05) is 6.07 Å². The number of nitrogens with one attached hydrogen (secondary N) is 1. The minimum atomic E-state index is -0.127. The number of rotatable bonds is 5. The van der Waals surface area contributed by atoms with Crippen molar-refractivity contribution in [3.05, 3.63) is 52.3 Å². The van der Waals surface area contributed by atoms with Gasteiger partial charge in [0.25, 0.3) is 5.91 Å². The summed E-state index contributed by atoms with van der Waals surface area (Å²) in [5.41, 5.74) is 2.49. The molecule has 0 radical (unpaired) electrons. The lowest BCUT2D eigenvalue weighted by Crippen LogP contribution is -2.18. The van der Waals surface area contributed by atoms with Crippen LogP contribution < -0.4 is 5.32 Å². The third-order valence-corrected chi connectivity index (χ3v) is 3.66. The highest BCUT2D eigenvalue weighted by molar-refractivity contribution is 9.10. The number of methoxy groups -OCH3 is 1. The van der Waals surface area contributed by atoms with Crippen LogP contribution in [0, 0.1) is 6.92 Å². The molecular weight excluding hydrogens is 320 g/mol. The van der Waals surface area contributed by atoms with Crippen LogP contribution in [0.3, 0.4) is 0 Å². The molecule has 0 aliphatic rings. The van der Waals surface area contributed by atoms with Gasteiger partial charge in [-0.05, 0) is 52.7 Å². The van der Waals surface area contributed by atoms with Gasteiger partial charge in [0.15, 0.2) is 0 Å². The van der Waals surface area contributed by atoms with Crippen LogP contribution >= 0.6 is 15.9 Å². The third-order valence-electron chi connectivity index (χ3n) is 2.97. The zero-order valence-corrected chi connectivity index (χ0v) is 13.1. The first-order valence-electron chi connectivity index (χ1n) is 6.33. The Morgan fingerprint density at radius 2 is 2.20 bits per heavy atom. The van der Waals surface area contributed by atoms with E-state index >= 15 is 0 Å². The summed E-state index contributed by atoms with van der Waals surface area (Å²) >= 11 is 3.44. The number of halogens is 1. The smallest absolute Gasteiger partial charge is 0.272 e. The molecule has 1 N–H and O–H groups in total. The minimum absolute atomic E-state index is 0.127. The van der Waals surface area contributed by atoms with Crippen molar-refractivity contribution in [2.75, 3.05) is 19.0 Å². The van der Waals surface area contributed by atoms with Crippen LogP contribution in [-0.2, 0) is 11.3 Å². The highest BCUT2D eigenvalue weighted by Crippen LogP contribution is 2.24. The Morgan fingerprint density at radius 1 is 1.40 bits per heavy atom. The number of ether oxygens (including phenoxy) is 1. The Bertz CT molecular complexity index is 608. The molecule has 0 aliphatic heterocycles. The molecule has 1 heterocycles. The fourth-order valence-corrected chi connectivity index (χ4v) is 2.27. The van der Waals surface area contributed by atoms with E-state index in [-0.39, 0.29) is 5.91 Å². The highest BCUT2D eigenvalue weighted by atomic mass is 79.9. The molecule has 0 spiro atoms. The van der Waals surface area contributed by atoms with Crippen LogP contribution in [0.5, 0.6) is 0 Å². The van der Waals surface area contributed by atoms with Gasteiger partial charge in [-0.2, -0.15) is 0 Å². The van der Waals surface area contributed by atoms with Crippen molar-refractivity contribution in [2.45, 2.75) is 13.5 Å². The average Bonchev–Trinajstić information content (AvgIpc) is 2.89. The molecule has 0 saturated carbocycles. The van der Waals surface area contributed by atoms with Crippen LogP contribution in [-0.4, -0.2) is 24.2 Å². The van der Waals surface area contributed by atoms with E-state index < -0.39 is 0 Å². The van der Waals surface area contributed by atoms with Gasteiger partial charge >= 0.3 is 0 Å². The number of hydrogen-bond donors (Lipinski definition) is 1. The number of carbonyl (C=O) groups is 1. The first-order chi connectivity index (χ1) is 9.61. The summed E-state index contributed by atoms with van der Waals surface area (Å²) in [6.45, 7) is 3.22. The predicted octanol–water partition coefficient (Wildman–Crippen LogP) is 3.46. The van der Waals surface area contributed by atoms with Crippen LogP contribution in [0.4, 0.5) is 5.69 Å². The molecule has 0 unspecified atom stereocenters. The zero-order valence-electron chi connectivity index (χ0n) is 11.5. The molecule has 4 nitrogen and oxygen atoms in total. The van der Waals surface area contributed by atoms with Gasteiger partial charge in [0, 0.05) is 24.3 Å². The SMILES string of the molecule is COCCn1cccc1C(=O)Nc1cc(C)ccc1Br. The van der Waals surface area contributed by atoms with Crippen molar-refractivity contribution in [1.29, 1.82) is 0 Å². The number of hydrogen-bond acceptors (Lipinski definition) is 2. The van der Waals surface area contributed by atoms with Crippen LogP contribution in [0.25, 0.3) is 0 Å². The second kappa shape index (κ2) is 6.72. The molecule has 1 amide bonds. The van der Waals surface area contributed by atoms with Crippen LogP contribution in [0.15, 0.2) is 41.0 Å². The normalized spacial score (nSPS) is 10.6. The summed E-state index contributed by atoms with van der Waals surface area (Å²) in [4.78, 5) is 12.3. The summed E-state index contributed by atoms with van der Waals surface area (Å²) in [6, 6.07) is 9.50. The van der Waals surface area contributed by atoms with Crippen molar-refractivity contribution >= 4 is 27.5 Å². The molecule has 1 aromatic heterocycles. The number of amides is 1. The zero-order chi connectivity index (χ0) is 14.5. The van der Waals surface area contributed by atoms with Crippen LogP contribution in [0.1, 0.15) is 16.1 Å². The van der Waals surface area contributed by atoms with Crippen molar-refractivity contribution in [1.82, 2.24) is 4.57 Å². The lowest BCUT2D eigenvalue weighted by Gasteiger charge is -2.11. The molecular formula is C15H17BrN2O2. The summed E-state index contributed by atoms with van der Waals surface area (Å²) < 4.78 is 7.79. The molecule has 0 atom stereocenters. The van der Waals surface area contributed by atoms with E-state index in [0.717, 1.165) is 15.7 Å². The lowest BCUT2D eigenvalue weighted by atomic mass is 10.2. The largest absolute Gasteiger partial charge is 0.383 e. The molecule has 5 heteroatoms. The Balaban J connectivity index is 2.16. The van der Waals surface area contributed by atoms with Crippen molar-refractivity contribution in [3.8, 4) is 0 Å². The summed E-state index contributed by atoms with van der Waals surface area (Å²) in [7, 11) is 1.65. The van der Waals surface area contributed by atoms with Gasteiger partial charge in [-0.25, -0.2) is 0 Å². The molecule has 106 valence electrons. The van der Waals surface area contributed by atoms with Crippen molar-refractivity contribution in [2.24, 2.45) is 0 Å². The number of carbonyl (C=O) groups excluding carboxylic acids is 1. The van der Waals surface area contributed by atoms with E-state index in [1.165, 1.54) is 0 Å². The van der Waals surface area contributed by atoms with E-state index in [1.54, 1.807) is 13.2 Å². The number of benzene rings is 1. The Labute approximate surface area is 126 Å². The van der Waals surface area contributed by atoms with Crippen molar-refractivity contribution < 1.29 is 9.53 Å². The minimum Gasteiger partial charge on any atom is -0.383 e. The summed E-state index contributed by atoms with van der Waals surface area (Å²) in [5, 5.41) is 2.92. The van der Waals surface area contributed by atoms with Gasteiger partial charge in [0.05, 0.1) is 12.3 Å². The summed E-state index contributed by atoms with van der Waals surface area (Å²) in [6.07, 6.45) is 1.87. The molecule has 0 bridgehead atoms. The maximum absolute atomic E-state index is 12.3. The van der Waals surface area contributed by atoms with Gasteiger partial charge in [-0.3, -0.25) is 4.79 Å². The summed E-state index contributed by atoms with van der Waals surface area (Å²) in [5.74, 6) is -0.127. The monoisotopic (exact) mass is 336 g/mol. The number of anilines is 1. The number of nitrogens with zero attached hydrogens (tertiary/aromatic N) is 1. The standard InChI is InChI=1S/C15H17BrN2O2/c1-11-5-6-12(16)13(10-11)17-15(19)14-4-3-7-18(14)8-9-20-2/h3-7,10H,8-9H2,1-2H3,(H,17,19). The molecule has 2 aromatic rings. The van der Waals surface area contributed by atoms with Crippen molar-refractivity contribution in [3.63, 3.8) is 0 Å². The molecule has 20 heavy (non-hydrogen) atoms. The van der Waals surface area contributed by atoms with Gasteiger partial charge in [-0.15, -0.1) is 0 Å². The molecule has 2 rings (SSSR count). The topological polar surface area (TPSA) is 43.3 Å². The second-order valence-electron chi connectivity index (χ2n) is 4.52. The molecule has 0 fully saturated rings. The Hall–Kier alpha value is -1.59. The van der Waals surface area contributed by atoms with E-state index in [2.05, 4.69) is 21.2 Å². The maximum Gasteiger partial charge on any atom is 0.272 e. The molecule has 1 aromatic carbocycles. The van der Waals surface area contributed by atoms with Crippen LogP contribution in [0.2, 0.25) is 0 Å². The second-order valence-corrected chi connectivity index (χ2v) is 5.37. The lowest BCUT2D eigenvalue weighted by molar-refractivity contribution is 0.101.